The van der Waals surface area contributed by atoms with Crippen LogP contribution < -0.4 is 4.90 Å². The van der Waals surface area contributed by atoms with Gasteiger partial charge in [-0.25, -0.2) is 4.85 Å². The van der Waals surface area contributed by atoms with Crippen molar-refractivity contribution in [1.82, 2.24) is 9.13 Å². The highest BCUT2D eigenvalue weighted by molar-refractivity contribution is 6.11. The van der Waals surface area contributed by atoms with E-state index in [9.17, 15) is 5.26 Å². The monoisotopic (exact) mass is 679 g/mol. The van der Waals surface area contributed by atoms with Gasteiger partial charge in [-0.3, -0.25) is 0 Å². The molecule has 0 saturated carbocycles. The van der Waals surface area contributed by atoms with Crippen molar-refractivity contribution in [2.24, 2.45) is 0 Å². The van der Waals surface area contributed by atoms with Gasteiger partial charge in [0.2, 0.25) is 5.69 Å². The molecule has 0 amide bonds. The number of nitriles is 1. The lowest BCUT2D eigenvalue weighted by Crippen LogP contribution is -2.14. The van der Waals surface area contributed by atoms with Crippen LogP contribution in [0.3, 0.4) is 0 Å². The van der Waals surface area contributed by atoms with Crippen LogP contribution >= 0.6 is 0 Å². The molecule has 0 radical (unpaired) electrons. The Kier molecular flexibility index (Phi) is 7.62. The van der Waals surface area contributed by atoms with Crippen LogP contribution in [0.1, 0.15) is 23.7 Å². The first-order valence-corrected chi connectivity index (χ1v) is 17.7. The molecular formula is C48H33N5. The molecule has 2 heterocycles. The predicted octanol–water partition coefficient (Wildman–Crippen LogP) is 13.1. The number of benzene rings is 7. The largest absolute Gasteiger partial charge is 0.318 e. The van der Waals surface area contributed by atoms with E-state index in [0.29, 0.717) is 22.6 Å². The molecule has 53 heavy (non-hydrogen) atoms. The lowest BCUT2D eigenvalue weighted by Gasteiger charge is -2.30. The van der Waals surface area contributed by atoms with Crippen LogP contribution in [0, 0.1) is 24.8 Å². The molecule has 5 heteroatoms. The molecule has 0 bridgehead atoms. The number of allylic oxidation sites excluding steroid dienone is 1. The molecule has 0 aliphatic heterocycles. The second kappa shape index (κ2) is 12.8. The van der Waals surface area contributed by atoms with Gasteiger partial charge in [0.05, 0.1) is 40.1 Å². The number of para-hydroxylation sites is 3. The Bertz CT molecular complexity index is 2950. The number of rotatable bonds is 6. The summed E-state index contributed by atoms with van der Waals surface area (Å²) in [6, 6.07) is 54.3. The summed E-state index contributed by atoms with van der Waals surface area (Å²) in [5.74, 6) is 0. The normalized spacial score (nSPS) is 11.5. The van der Waals surface area contributed by atoms with E-state index in [1.165, 1.54) is 10.9 Å². The number of anilines is 3. The van der Waals surface area contributed by atoms with Crippen LogP contribution in [-0.4, -0.2) is 9.13 Å². The van der Waals surface area contributed by atoms with Crippen molar-refractivity contribution in [3.05, 3.63) is 186 Å². The summed E-state index contributed by atoms with van der Waals surface area (Å²) in [7, 11) is 0. The SMILES string of the molecule is [C-]#[N+]c1ccc(C#N)c(-n2c3ccccc3c3ccccc32)c1N(c1ccc(-n2c(C)c(/C=C\C)c3ccccc32)cc1)c1ccc2ccccc2c1. The van der Waals surface area contributed by atoms with Gasteiger partial charge in [0, 0.05) is 44.5 Å². The summed E-state index contributed by atoms with van der Waals surface area (Å²) in [6.07, 6.45) is 4.26. The standard InChI is InChI=1S/C48H33N5/c1-4-13-39-32(2)51(44-19-10-7-16-40(39)44)36-25-27-37(28-26-36)52(38-24-22-33-14-5-6-15-34(33)30-38)48-43(50-3)29-23-35(31-49)47(48)53-45-20-11-8-17-41(45)42-18-9-12-21-46(42)53/h4-30H,1-2H3/b13-4-. The van der Waals surface area contributed by atoms with Gasteiger partial charge < -0.3 is 14.0 Å². The number of nitrogens with zero attached hydrogens (tertiary/aromatic N) is 5. The van der Waals surface area contributed by atoms with E-state index in [-0.39, 0.29) is 0 Å². The van der Waals surface area contributed by atoms with Gasteiger partial charge in [0.25, 0.3) is 0 Å². The van der Waals surface area contributed by atoms with E-state index in [1.807, 2.05) is 43.3 Å². The molecule has 0 N–H and O–H groups in total. The third kappa shape index (κ3) is 4.99. The molecule has 0 aliphatic carbocycles. The second-order valence-electron chi connectivity index (χ2n) is 13.2. The van der Waals surface area contributed by atoms with Crippen LogP contribution in [0.4, 0.5) is 22.7 Å². The van der Waals surface area contributed by atoms with Gasteiger partial charge >= 0.3 is 0 Å². The smallest absolute Gasteiger partial charge is 0.212 e. The molecule has 0 aliphatic rings. The first-order chi connectivity index (χ1) is 26.1. The average molecular weight is 680 g/mol. The molecular weight excluding hydrogens is 647 g/mol. The molecule has 0 fully saturated rings. The summed E-state index contributed by atoms with van der Waals surface area (Å²) in [4.78, 5) is 6.26. The maximum Gasteiger partial charge on any atom is 0.212 e. The summed E-state index contributed by atoms with van der Waals surface area (Å²) in [5.41, 5.74) is 10.5. The van der Waals surface area contributed by atoms with Crippen molar-refractivity contribution in [1.29, 1.82) is 5.26 Å². The number of hydrogen-bond acceptors (Lipinski definition) is 2. The Hall–Kier alpha value is -7.34. The van der Waals surface area contributed by atoms with Gasteiger partial charge in [0.1, 0.15) is 6.07 Å². The summed E-state index contributed by atoms with van der Waals surface area (Å²) in [6.45, 7) is 12.7. The van der Waals surface area contributed by atoms with E-state index in [0.717, 1.165) is 60.9 Å². The molecule has 0 unspecified atom stereocenters. The van der Waals surface area contributed by atoms with E-state index in [4.69, 9.17) is 6.57 Å². The van der Waals surface area contributed by atoms with Crippen LogP contribution in [0.2, 0.25) is 0 Å². The lowest BCUT2D eigenvalue weighted by atomic mass is 10.0. The van der Waals surface area contributed by atoms with Crippen molar-refractivity contribution in [3.8, 4) is 17.4 Å². The summed E-state index contributed by atoms with van der Waals surface area (Å²) in [5, 5.41) is 16.3. The van der Waals surface area contributed by atoms with Crippen molar-refractivity contribution in [3.63, 3.8) is 0 Å². The maximum absolute atomic E-state index is 10.8. The number of fused-ring (bicyclic) bond motifs is 5. The first-order valence-electron chi connectivity index (χ1n) is 17.7. The minimum Gasteiger partial charge on any atom is -0.318 e. The molecule has 2 aromatic heterocycles. The minimum absolute atomic E-state index is 0.446. The third-order valence-corrected chi connectivity index (χ3v) is 10.2. The zero-order chi connectivity index (χ0) is 36.1. The molecule has 0 spiro atoms. The number of hydrogen-bond donors (Lipinski definition) is 0. The fourth-order valence-electron chi connectivity index (χ4n) is 7.94. The van der Waals surface area contributed by atoms with E-state index >= 15 is 0 Å². The van der Waals surface area contributed by atoms with Crippen molar-refractivity contribution < 1.29 is 0 Å². The van der Waals surface area contributed by atoms with Crippen LogP contribution in [0.15, 0.2) is 158 Å². The Morgan fingerprint density at radius 2 is 1.23 bits per heavy atom. The molecule has 5 nitrogen and oxygen atoms in total. The topological polar surface area (TPSA) is 41.2 Å². The molecule has 7 aromatic carbocycles. The minimum atomic E-state index is 0.446. The summed E-state index contributed by atoms with van der Waals surface area (Å²) < 4.78 is 4.47. The fourth-order valence-corrected chi connectivity index (χ4v) is 7.94. The highest BCUT2D eigenvalue weighted by Gasteiger charge is 2.27. The number of aromatic nitrogens is 2. The van der Waals surface area contributed by atoms with E-state index in [1.54, 1.807) is 12.1 Å². The van der Waals surface area contributed by atoms with Crippen molar-refractivity contribution in [2.75, 3.05) is 4.90 Å². The quantitative estimate of drug-likeness (QED) is 0.164. The maximum atomic E-state index is 10.8. The average Bonchev–Trinajstić information content (AvgIpc) is 3.69. The zero-order valence-corrected chi connectivity index (χ0v) is 29.3. The highest BCUT2D eigenvalue weighted by Crippen LogP contribution is 2.48. The van der Waals surface area contributed by atoms with Crippen LogP contribution in [0.25, 0.3) is 65.8 Å². The van der Waals surface area contributed by atoms with Gasteiger partial charge in [-0.2, -0.15) is 5.26 Å². The molecule has 9 rings (SSSR count). The second-order valence-corrected chi connectivity index (χ2v) is 13.2. The van der Waals surface area contributed by atoms with E-state index < -0.39 is 0 Å². The lowest BCUT2D eigenvalue weighted by molar-refractivity contribution is 1.05. The van der Waals surface area contributed by atoms with Gasteiger partial charge in [-0.05, 0) is 79.2 Å². The van der Waals surface area contributed by atoms with Crippen molar-refractivity contribution in [2.45, 2.75) is 13.8 Å². The Morgan fingerprint density at radius 3 is 1.87 bits per heavy atom. The summed E-state index contributed by atoms with van der Waals surface area (Å²) >= 11 is 0. The van der Waals surface area contributed by atoms with E-state index in [2.05, 4.69) is 147 Å². The van der Waals surface area contributed by atoms with Crippen molar-refractivity contribution >= 4 is 72.3 Å². The van der Waals surface area contributed by atoms with Crippen LogP contribution in [-0.2, 0) is 0 Å². The zero-order valence-electron chi connectivity index (χ0n) is 29.3. The molecule has 0 atom stereocenters. The van der Waals surface area contributed by atoms with Crippen LogP contribution in [0.5, 0.6) is 0 Å². The Morgan fingerprint density at radius 1 is 0.642 bits per heavy atom. The molecule has 250 valence electrons. The highest BCUT2D eigenvalue weighted by atomic mass is 15.2. The molecule has 0 saturated heterocycles. The van der Waals surface area contributed by atoms with Gasteiger partial charge in [0.15, 0.2) is 0 Å². The van der Waals surface area contributed by atoms with Gasteiger partial charge in [-0.1, -0.05) is 109 Å². The first kappa shape index (κ1) is 31.6. The Balaban J connectivity index is 1.34. The fraction of sp³-hybridized carbons (Fsp3) is 0.0417. The van der Waals surface area contributed by atoms with Gasteiger partial charge in [-0.15, -0.1) is 0 Å². The predicted molar refractivity (Wildman–Crippen MR) is 220 cm³/mol. The third-order valence-electron chi connectivity index (χ3n) is 10.2. The Labute approximate surface area is 307 Å². The molecule has 9 aromatic rings.